The molecule has 1 heterocycles. The van der Waals surface area contributed by atoms with Gasteiger partial charge in [0.25, 0.3) is 0 Å². The van der Waals surface area contributed by atoms with E-state index in [2.05, 4.69) is 43.7 Å². The lowest BCUT2D eigenvalue weighted by molar-refractivity contribution is 0.674. The lowest BCUT2D eigenvalue weighted by atomic mass is 10.1. The molecule has 0 aliphatic carbocycles. The predicted molar refractivity (Wildman–Crippen MR) is 69.6 cm³/mol. The van der Waals surface area contributed by atoms with Crippen LogP contribution >= 0.6 is 27.5 Å². The van der Waals surface area contributed by atoms with Crippen molar-refractivity contribution in [2.45, 2.75) is 18.8 Å². The highest BCUT2D eigenvalue weighted by Gasteiger charge is 2.01. The summed E-state index contributed by atoms with van der Waals surface area (Å²) in [6, 6.07) is 8.35. The molecule has 0 amide bonds. The Morgan fingerprint density at radius 2 is 2.25 bits per heavy atom. The molecule has 0 saturated heterocycles. The zero-order chi connectivity index (χ0) is 11.4. The van der Waals surface area contributed by atoms with E-state index in [1.165, 1.54) is 5.56 Å². The average molecular weight is 300 g/mol. The van der Waals surface area contributed by atoms with Crippen molar-refractivity contribution in [1.29, 1.82) is 0 Å². The van der Waals surface area contributed by atoms with Crippen LogP contribution in [0.4, 0.5) is 0 Å². The van der Waals surface area contributed by atoms with Crippen molar-refractivity contribution in [3.63, 3.8) is 0 Å². The van der Waals surface area contributed by atoms with Crippen LogP contribution in [0.5, 0.6) is 0 Å². The first-order valence-corrected chi connectivity index (χ1v) is 6.42. The number of hydrogen-bond acceptors (Lipinski definition) is 1. The molecule has 1 aromatic heterocycles. The van der Waals surface area contributed by atoms with Gasteiger partial charge in [-0.25, -0.2) is 4.98 Å². The number of nitrogens with zero attached hydrogens (tertiary/aromatic N) is 2. The monoisotopic (exact) mass is 298 g/mol. The summed E-state index contributed by atoms with van der Waals surface area (Å²) in [4.78, 5) is 4.09. The van der Waals surface area contributed by atoms with E-state index in [0.29, 0.717) is 5.88 Å². The maximum Gasteiger partial charge on any atom is 0.0948 e. The Labute approximate surface area is 108 Å². The van der Waals surface area contributed by atoms with Crippen LogP contribution in [-0.4, -0.2) is 9.55 Å². The highest BCUT2D eigenvalue weighted by Crippen LogP contribution is 2.13. The van der Waals surface area contributed by atoms with E-state index in [4.69, 9.17) is 11.6 Å². The molecule has 0 radical (unpaired) electrons. The van der Waals surface area contributed by atoms with Gasteiger partial charge in [-0.3, -0.25) is 0 Å². The fraction of sp³-hybridized carbons (Fsp3) is 0.250. The number of rotatable bonds is 4. The number of alkyl halides is 1. The molecule has 2 nitrogen and oxygen atoms in total. The highest BCUT2D eigenvalue weighted by molar-refractivity contribution is 9.10. The number of hydrogen-bond donors (Lipinski definition) is 0. The fourth-order valence-corrected chi connectivity index (χ4v) is 2.27. The van der Waals surface area contributed by atoms with Gasteiger partial charge in [0.05, 0.1) is 17.9 Å². The first-order valence-electron chi connectivity index (χ1n) is 5.09. The van der Waals surface area contributed by atoms with E-state index in [0.717, 1.165) is 23.1 Å². The molecule has 2 aromatic rings. The zero-order valence-electron chi connectivity index (χ0n) is 8.74. The number of imidazole rings is 1. The highest BCUT2D eigenvalue weighted by atomic mass is 79.9. The molecule has 16 heavy (non-hydrogen) atoms. The minimum absolute atomic E-state index is 0.512. The molecular weight excluding hydrogens is 288 g/mol. The van der Waals surface area contributed by atoms with Crippen LogP contribution in [0.1, 0.15) is 11.3 Å². The molecule has 2 rings (SSSR count). The Kier molecular flexibility index (Phi) is 4.02. The maximum absolute atomic E-state index is 5.81. The Morgan fingerprint density at radius 1 is 1.38 bits per heavy atom. The Balaban J connectivity index is 2.02. The Bertz CT molecular complexity index is 468. The molecule has 1 aromatic carbocycles. The van der Waals surface area contributed by atoms with Crippen LogP contribution in [0.2, 0.25) is 0 Å². The van der Waals surface area contributed by atoms with E-state index in [1.807, 2.05) is 18.6 Å². The molecule has 0 bridgehead atoms. The van der Waals surface area contributed by atoms with Crippen LogP contribution in [0.15, 0.2) is 41.3 Å². The minimum atomic E-state index is 0.512. The largest absolute Gasteiger partial charge is 0.333 e. The van der Waals surface area contributed by atoms with Crippen LogP contribution in [0.25, 0.3) is 0 Å². The third-order valence-corrected chi connectivity index (χ3v) is 3.23. The Hall–Kier alpha value is -0.800. The van der Waals surface area contributed by atoms with Gasteiger partial charge in [0.15, 0.2) is 0 Å². The van der Waals surface area contributed by atoms with Crippen molar-refractivity contribution in [2.24, 2.45) is 0 Å². The second-order valence-electron chi connectivity index (χ2n) is 3.59. The zero-order valence-corrected chi connectivity index (χ0v) is 11.1. The topological polar surface area (TPSA) is 17.8 Å². The summed E-state index contributed by atoms with van der Waals surface area (Å²) in [5.41, 5.74) is 2.38. The first kappa shape index (κ1) is 11.7. The van der Waals surface area contributed by atoms with Gasteiger partial charge in [0.2, 0.25) is 0 Å². The number of halogens is 2. The molecule has 84 valence electrons. The number of benzene rings is 1. The van der Waals surface area contributed by atoms with Gasteiger partial charge in [0.1, 0.15) is 0 Å². The van der Waals surface area contributed by atoms with Gasteiger partial charge in [-0.1, -0.05) is 28.1 Å². The molecule has 4 heteroatoms. The lowest BCUT2D eigenvalue weighted by Crippen LogP contribution is -2.03. The van der Waals surface area contributed by atoms with Crippen molar-refractivity contribution in [1.82, 2.24) is 9.55 Å². The van der Waals surface area contributed by atoms with E-state index >= 15 is 0 Å². The summed E-state index contributed by atoms with van der Waals surface area (Å²) in [6.45, 7) is 0.915. The predicted octanol–water partition coefficient (Wildman–Crippen LogP) is 3.63. The van der Waals surface area contributed by atoms with Gasteiger partial charge >= 0.3 is 0 Å². The first-order chi connectivity index (χ1) is 7.79. The molecule has 0 fully saturated rings. The number of aryl methyl sites for hydroxylation is 2. The quantitative estimate of drug-likeness (QED) is 0.788. The third kappa shape index (κ3) is 2.86. The van der Waals surface area contributed by atoms with Gasteiger partial charge in [-0.15, -0.1) is 11.6 Å². The number of aromatic nitrogens is 2. The van der Waals surface area contributed by atoms with Crippen LogP contribution in [-0.2, 0) is 18.8 Å². The molecule has 0 unspecified atom stereocenters. The van der Waals surface area contributed by atoms with Crippen molar-refractivity contribution < 1.29 is 0 Å². The lowest BCUT2D eigenvalue weighted by Gasteiger charge is -2.06. The molecule has 0 atom stereocenters. The van der Waals surface area contributed by atoms with Crippen LogP contribution in [0.3, 0.4) is 0 Å². The van der Waals surface area contributed by atoms with Gasteiger partial charge in [-0.2, -0.15) is 0 Å². The standard InChI is InChI=1S/C12H12BrClN2/c13-11-3-1-2-10(6-11)4-5-16-9-15-8-12(16)7-14/h1-3,6,8-9H,4-5,7H2. The molecule has 0 aliphatic heterocycles. The average Bonchev–Trinajstić information content (AvgIpc) is 2.74. The van der Waals surface area contributed by atoms with E-state index in [-0.39, 0.29) is 0 Å². The molecule has 0 saturated carbocycles. The van der Waals surface area contributed by atoms with Gasteiger partial charge in [0, 0.05) is 17.2 Å². The summed E-state index contributed by atoms with van der Waals surface area (Å²) in [6.07, 6.45) is 4.63. The minimum Gasteiger partial charge on any atom is -0.333 e. The third-order valence-electron chi connectivity index (χ3n) is 2.47. The summed E-state index contributed by atoms with van der Waals surface area (Å²) in [7, 11) is 0. The van der Waals surface area contributed by atoms with Gasteiger partial charge in [-0.05, 0) is 24.1 Å². The van der Waals surface area contributed by atoms with E-state index < -0.39 is 0 Å². The summed E-state index contributed by atoms with van der Waals surface area (Å²) in [5.74, 6) is 0.512. The fourth-order valence-electron chi connectivity index (χ4n) is 1.60. The van der Waals surface area contributed by atoms with E-state index in [9.17, 15) is 0 Å². The normalized spacial score (nSPS) is 10.6. The Morgan fingerprint density at radius 3 is 3.00 bits per heavy atom. The molecule has 0 spiro atoms. The summed E-state index contributed by atoms with van der Waals surface area (Å²) in [5, 5.41) is 0. The van der Waals surface area contributed by atoms with Crippen molar-refractivity contribution in [2.75, 3.05) is 0 Å². The van der Waals surface area contributed by atoms with Gasteiger partial charge < -0.3 is 4.57 Å². The van der Waals surface area contributed by atoms with Crippen molar-refractivity contribution in [3.05, 3.63) is 52.5 Å². The molecule has 0 aliphatic rings. The smallest absolute Gasteiger partial charge is 0.0948 e. The second kappa shape index (κ2) is 5.51. The van der Waals surface area contributed by atoms with Crippen molar-refractivity contribution in [3.8, 4) is 0 Å². The molecular formula is C12H12BrClN2. The summed E-state index contributed by atoms with van der Waals surface area (Å²) >= 11 is 9.28. The van der Waals surface area contributed by atoms with Crippen LogP contribution in [0, 0.1) is 0 Å². The van der Waals surface area contributed by atoms with Crippen LogP contribution < -0.4 is 0 Å². The second-order valence-corrected chi connectivity index (χ2v) is 4.77. The maximum atomic E-state index is 5.81. The van der Waals surface area contributed by atoms with Crippen molar-refractivity contribution >= 4 is 27.5 Å². The SMILES string of the molecule is ClCc1cncn1CCc1cccc(Br)c1. The van der Waals surface area contributed by atoms with E-state index in [1.54, 1.807) is 0 Å². The summed E-state index contributed by atoms with van der Waals surface area (Å²) < 4.78 is 3.21. The molecule has 0 N–H and O–H groups in total.